The summed E-state index contributed by atoms with van der Waals surface area (Å²) in [5.41, 5.74) is 9.62. The van der Waals surface area contributed by atoms with Crippen molar-refractivity contribution < 1.29 is 4.74 Å². The molecule has 1 unspecified atom stereocenters. The van der Waals surface area contributed by atoms with Crippen molar-refractivity contribution in [2.24, 2.45) is 5.73 Å². The normalized spacial score (nSPS) is 17.7. The average molecular weight is 262 g/mol. The van der Waals surface area contributed by atoms with E-state index in [-0.39, 0.29) is 0 Å². The standard InChI is InChI=1S/C16H26N2O/c1-12-8-13(2)16(14(3)9-12)19-11-15(10-17)18-6-4-5-7-18/h8-9,15H,4-7,10-11,17H2,1-3H3. The Balaban J connectivity index is 2.01. The van der Waals surface area contributed by atoms with Crippen LogP contribution < -0.4 is 10.5 Å². The number of aryl methyl sites for hydroxylation is 3. The van der Waals surface area contributed by atoms with E-state index < -0.39 is 0 Å². The summed E-state index contributed by atoms with van der Waals surface area (Å²) in [5.74, 6) is 1.03. The highest BCUT2D eigenvalue weighted by Gasteiger charge is 2.21. The van der Waals surface area contributed by atoms with Crippen molar-refractivity contribution in [1.82, 2.24) is 4.90 Å². The lowest BCUT2D eigenvalue weighted by atomic mass is 10.1. The molecule has 0 aromatic heterocycles. The lowest BCUT2D eigenvalue weighted by molar-refractivity contribution is 0.163. The highest BCUT2D eigenvalue weighted by atomic mass is 16.5. The third kappa shape index (κ3) is 3.48. The van der Waals surface area contributed by atoms with E-state index in [2.05, 4.69) is 37.8 Å². The van der Waals surface area contributed by atoms with E-state index in [0.717, 1.165) is 18.8 Å². The van der Waals surface area contributed by atoms with Crippen molar-refractivity contribution in [3.63, 3.8) is 0 Å². The van der Waals surface area contributed by atoms with E-state index in [1.54, 1.807) is 0 Å². The van der Waals surface area contributed by atoms with Gasteiger partial charge in [-0.05, 0) is 57.8 Å². The Labute approximate surface area is 116 Å². The first-order chi connectivity index (χ1) is 9.11. The van der Waals surface area contributed by atoms with Gasteiger partial charge in [0.25, 0.3) is 0 Å². The number of nitrogens with zero attached hydrogens (tertiary/aromatic N) is 1. The number of nitrogens with two attached hydrogens (primary N) is 1. The van der Waals surface area contributed by atoms with E-state index in [1.165, 1.54) is 29.5 Å². The zero-order chi connectivity index (χ0) is 13.8. The topological polar surface area (TPSA) is 38.5 Å². The van der Waals surface area contributed by atoms with Gasteiger partial charge in [0.1, 0.15) is 12.4 Å². The molecule has 2 N–H and O–H groups in total. The Kier molecular flexibility index (Phi) is 4.83. The van der Waals surface area contributed by atoms with Gasteiger partial charge in [0, 0.05) is 6.54 Å². The average Bonchev–Trinajstić information content (AvgIpc) is 2.86. The fraction of sp³-hybridized carbons (Fsp3) is 0.625. The van der Waals surface area contributed by atoms with Crippen molar-refractivity contribution in [3.8, 4) is 5.75 Å². The predicted molar refractivity (Wildman–Crippen MR) is 79.8 cm³/mol. The monoisotopic (exact) mass is 262 g/mol. The highest BCUT2D eigenvalue weighted by Crippen LogP contribution is 2.25. The van der Waals surface area contributed by atoms with Gasteiger partial charge < -0.3 is 10.5 Å². The Bertz CT molecular complexity index is 402. The van der Waals surface area contributed by atoms with Gasteiger partial charge in [0.2, 0.25) is 0 Å². The molecule has 0 radical (unpaired) electrons. The molecule has 0 saturated carbocycles. The van der Waals surface area contributed by atoms with Crippen LogP contribution in [0.1, 0.15) is 29.5 Å². The highest BCUT2D eigenvalue weighted by molar-refractivity contribution is 5.42. The number of hydrogen-bond acceptors (Lipinski definition) is 3. The summed E-state index contributed by atoms with van der Waals surface area (Å²) in [7, 11) is 0. The van der Waals surface area contributed by atoms with Crippen LogP contribution in [0.3, 0.4) is 0 Å². The molecular formula is C16H26N2O. The minimum Gasteiger partial charge on any atom is -0.491 e. The number of likely N-dealkylation sites (tertiary alicyclic amines) is 1. The summed E-state index contributed by atoms with van der Waals surface area (Å²) in [6.07, 6.45) is 2.58. The van der Waals surface area contributed by atoms with Crippen LogP contribution in [0.4, 0.5) is 0 Å². The van der Waals surface area contributed by atoms with Gasteiger partial charge >= 0.3 is 0 Å². The third-order valence-corrected chi connectivity index (χ3v) is 3.95. The van der Waals surface area contributed by atoms with Gasteiger partial charge in [-0.3, -0.25) is 4.90 Å². The first-order valence-electron chi connectivity index (χ1n) is 7.26. The number of rotatable bonds is 5. The first kappa shape index (κ1) is 14.4. The van der Waals surface area contributed by atoms with Crippen LogP contribution in [-0.2, 0) is 0 Å². The van der Waals surface area contributed by atoms with E-state index in [0.29, 0.717) is 19.2 Å². The van der Waals surface area contributed by atoms with Crippen LogP contribution in [0.15, 0.2) is 12.1 Å². The van der Waals surface area contributed by atoms with Crippen molar-refractivity contribution in [3.05, 3.63) is 28.8 Å². The Morgan fingerprint density at radius 3 is 2.26 bits per heavy atom. The zero-order valence-corrected chi connectivity index (χ0v) is 12.4. The van der Waals surface area contributed by atoms with Gasteiger partial charge in [-0.25, -0.2) is 0 Å². The molecule has 0 aliphatic carbocycles. The molecule has 106 valence electrons. The van der Waals surface area contributed by atoms with E-state index in [1.807, 2.05) is 0 Å². The third-order valence-electron chi connectivity index (χ3n) is 3.95. The van der Waals surface area contributed by atoms with Crippen LogP contribution in [0.5, 0.6) is 5.75 Å². The van der Waals surface area contributed by atoms with Crippen LogP contribution in [0, 0.1) is 20.8 Å². The number of benzene rings is 1. The fourth-order valence-corrected chi connectivity index (χ4v) is 3.00. The molecule has 0 bridgehead atoms. The Morgan fingerprint density at radius 1 is 1.16 bits per heavy atom. The molecule has 2 rings (SSSR count). The van der Waals surface area contributed by atoms with Crippen LogP contribution in [0.2, 0.25) is 0 Å². The molecule has 1 saturated heterocycles. The summed E-state index contributed by atoms with van der Waals surface area (Å²) in [5, 5.41) is 0. The molecule has 1 heterocycles. The predicted octanol–water partition coefficient (Wildman–Crippen LogP) is 2.41. The van der Waals surface area contributed by atoms with Crippen molar-refractivity contribution in [1.29, 1.82) is 0 Å². The van der Waals surface area contributed by atoms with Gasteiger partial charge in [-0.1, -0.05) is 17.7 Å². The molecule has 1 aliphatic heterocycles. The molecule has 19 heavy (non-hydrogen) atoms. The molecule has 3 heteroatoms. The van der Waals surface area contributed by atoms with Crippen LogP contribution >= 0.6 is 0 Å². The Morgan fingerprint density at radius 2 is 1.74 bits per heavy atom. The fourth-order valence-electron chi connectivity index (χ4n) is 3.00. The smallest absolute Gasteiger partial charge is 0.125 e. The maximum atomic E-state index is 6.07. The molecule has 1 atom stereocenters. The molecule has 1 aromatic rings. The SMILES string of the molecule is Cc1cc(C)c(OCC(CN)N2CCCC2)c(C)c1. The largest absolute Gasteiger partial charge is 0.491 e. The number of hydrogen-bond donors (Lipinski definition) is 1. The molecule has 3 nitrogen and oxygen atoms in total. The quantitative estimate of drug-likeness (QED) is 0.885. The lowest BCUT2D eigenvalue weighted by Crippen LogP contribution is -2.43. The lowest BCUT2D eigenvalue weighted by Gasteiger charge is -2.27. The summed E-state index contributed by atoms with van der Waals surface area (Å²) in [6, 6.07) is 4.70. The van der Waals surface area contributed by atoms with E-state index in [4.69, 9.17) is 10.5 Å². The summed E-state index contributed by atoms with van der Waals surface area (Å²) >= 11 is 0. The van der Waals surface area contributed by atoms with Gasteiger partial charge in [0.05, 0.1) is 6.04 Å². The van der Waals surface area contributed by atoms with E-state index in [9.17, 15) is 0 Å². The maximum Gasteiger partial charge on any atom is 0.125 e. The van der Waals surface area contributed by atoms with Gasteiger partial charge in [-0.2, -0.15) is 0 Å². The minimum absolute atomic E-state index is 0.350. The number of ether oxygens (including phenoxy) is 1. The van der Waals surface area contributed by atoms with Gasteiger partial charge in [-0.15, -0.1) is 0 Å². The summed E-state index contributed by atoms with van der Waals surface area (Å²) < 4.78 is 6.07. The minimum atomic E-state index is 0.350. The molecular weight excluding hydrogens is 236 g/mol. The summed E-state index contributed by atoms with van der Waals surface area (Å²) in [4.78, 5) is 2.46. The molecule has 0 amide bonds. The molecule has 1 aromatic carbocycles. The molecule has 1 fully saturated rings. The van der Waals surface area contributed by atoms with Crippen molar-refractivity contribution in [2.45, 2.75) is 39.7 Å². The van der Waals surface area contributed by atoms with Crippen molar-refractivity contribution >= 4 is 0 Å². The summed E-state index contributed by atoms with van der Waals surface area (Å²) in [6.45, 7) is 10.0. The maximum absolute atomic E-state index is 6.07. The Hall–Kier alpha value is -1.06. The second-order valence-electron chi connectivity index (χ2n) is 5.67. The van der Waals surface area contributed by atoms with Gasteiger partial charge in [0.15, 0.2) is 0 Å². The first-order valence-corrected chi connectivity index (χ1v) is 7.26. The van der Waals surface area contributed by atoms with Crippen LogP contribution in [0.25, 0.3) is 0 Å². The zero-order valence-electron chi connectivity index (χ0n) is 12.4. The second-order valence-corrected chi connectivity index (χ2v) is 5.67. The van der Waals surface area contributed by atoms with Crippen LogP contribution in [-0.4, -0.2) is 37.2 Å². The molecule has 1 aliphatic rings. The van der Waals surface area contributed by atoms with E-state index >= 15 is 0 Å². The second kappa shape index (κ2) is 6.40. The molecule has 0 spiro atoms. The van der Waals surface area contributed by atoms with Crippen molar-refractivity contribution in [2.75, 3.05) is 26.2 Å².